The third-order valence-corrected chi connectivity index (χ3v) is 5.74. The van der Waals surface area contributed by atoms with Crippen LogP contribution in [0.2, 0.25) is 0 Å². The summed E-state index contributed by atoms with van der Waals surface area (Å²) in [4.78, 5) is 34.9. The SMILES string of the molecule is CC[C@@H](C)[C@@H](NC(=O)OC)C(=O)N1CCC[C@@H]1c1nc2ccc(Br)cc2[nH]1. The van der Waals surface area contributed by atoms with Crippen molar-refractivity contribution in [1.29, 1.82) is 0 Å². The van der Waals surface area contributed by atoms with Crippen molar-refractivity contribution in [3.8, 4) is 0 Å². The van der Waals surface area contributed by atoms with Gasteiger partial charge in [-0.2, -0.15) is 0 Å². The molecule has 2 heterocycles. The Hall–Kier alpha value is -2.09. The number of methoxy groups -OCH3 is 1. The van der Waals surface area contributed by atoms with Crippen molar-refractivity contribution in [2.75, 3.05) is 13.7 Å². The van der Waals surface area contributed by atoms with Crippen molar-refractivity contribution in [3.05, 3.63) is 28.5 Å². The fraction of sp³-hybridized carbons (Fsp3) is 0.526. The Morgan fingerprint density at radius 1 is 1.48 bits per heavy atom. The summed E-state index contributed by atoms with van der Waals surface area (Å²) in [5.41, 5.74) is 1.81. The second kappa shape index (κ2) is 8.29. The number of aromatic amines is 1. The van der Waals surface area contributed by atoms with Crippen molar-refractivity contribution in [1.82, 2.24) is 20.2 Å². The molecule has 7 nitrogen and oxygen atoms in total. The molecule has 146 valence electrons. The van der Waals surface area contributed by atoms with E-state index in [0.717, 1.165) is 40.6 Å². The first kappa shape index (κ1) is 19.7. The number of nitrogens with one attached hydrogen (secondary N) is 2. The third-order valence-electron chi connectivity index (χ3n) is 5.25. The van der Waals surface area contributed by atoms with E-state index in [1.807, 2.05) is 36.9 Å². The molecule has 3 rings (SSSR count). The van der Waals surface area contributed by atoms with Crippen molar-refractivity contribution in [2.24, 2.45) is 5.92 Å². The quantitative estimate of drug-likeness (QED) is 0.746. The van der Waals surface area contributed by atoms with Crippen LogP contribution in [0.3, 0.4) is 0 Å². The number of fused-ring (bicyclic) bond motifs is 1. The summed E-state index contributed by atoms with van der Waals surface area (Å²) < 4.78 is 5.68. The number of hydrogen-bond acceptors (Lipinski definition) is 4. The number of aromatic nitrogens is 2. The molecule has 0 aliphatic carbocycles. The van der Waals surface area contributed by atoms with Gasteiger partial charge in [0.2, 0.25) is 5.91 Å². The van der Waals surface area contributed by atoms with Crippen LogP contribution >= 0.6 is 15.9 Å². The van der Waals surface area contributed by atoms with Crippen LogP contribution in [0.4, 0.5) is 4.79 Å². The van der Waals surface area contributed by atoms with Gasteiger partial charge < -0.3 is 19.9 Å². The highest BCUT2D eigenvalue weighted by atomic mass is 79.9. The van der Waals surface area contributed by atoms with Gasteiger partial charge in [-0.1, -0.05) is 36.2 Å². The highest BCUT2D eigenvalue weighted by Gasteiger charge is 2.38. The first-order valence-corrected chi connectivity index (χ1v) is 10.0. The van der Waals surface area contributed by atoms with E-state index in [4.69, 9.17) is 4.74 Å². The van der Waals surface area contributed by atoms with E-state index >= 15 is 0 Å². The smallest absolute Gasteiger partial charge is 0.407 e. The number of hydrogen-bond donors (Lipinski definition) is 2. The molecular formula is C19H25BrN4O3. The van der Waals surface area contributed by atoms with E-state index in [-0.39, 0.29) is 17.9 Å². The van der Waals surface area contributed by atoms with Gasteiger partial charge >= 0.3 is 6.09 Å². The van der Waals surface area contributed by atoms with Crippen LogP contribution in [0.25, 0.3) is 11.0 Å². The van der Waals surface area contributed by atoms with Crippen LogP contribution in [0.5, 0.6) is 0 Å². The summed E-state index contributed by atoms with van der Waals surface area (Å²) in [6.45, 7) is 4.62. The zero-order chi connectivity index (χ0) is 19.6. The highest BCUT2D eigenvalue weighted by molar-refractivity contribution is 9.10. The molecule has 2 aromatic rings. The minimum Gasteiger partial charge on any atom is -0.453 e. The first-order valence-electron chi connectivity index (χ1n) is 9.24. The van der Waals surface area contributed by atoms with Crippen LogP contribution in [0.15, 0.2) is 22.7 Å². The van der Waals surface area contributed by atoms with E-state index in [2.05, 4.69) is 31.2 Å². The zero-order valence-electron chi connectivity index (χ0n) is 15.8. The maximum Gasteiger partial charge on any atom is 0.407 e. The first-order chi connectivity index (χ1) is 12.9. The second-order valence-corrected chi connectivity index (χ2v) is 7.89. The second-order valence-electron chi connectivity index (χ2n) is 6.97. The van der Waals surface area contributed by atoms with Gasteiger partial charge in [0, 0.05) is 11.0 Å². The molecule has 0 saturated carbocycles. The van der Waals surface area contributed by atoms with Gasteiger partial charge in [-0.25, -0.2) is 9.78 Å². The van der Waals surface area contributed by atoms with E-state index in [1.165, 1.54) is 7.11 Å². The summed E-state index contributed by atoms with van der Waals surface area (Å²) in [7, 11) is 1.30. The number of likely N-dealkylation sites (tertiary alicyclic amines) is 1. The summed E-state index contributed by atoms with van der Waals surface area (Å²) in [6, 6.07) is 5.15. The lowest BCUT2D eigenvalue weighted by Crippen LogP contribution is -2.51. The molecule has 27 heavy (non-hydrogen) atoms. The summed E-state index contributed by atoms with van der Waals surface area (Å²) in [6.07, 6.45) is 1.94. The molecular weight excluding hydrogens is 412 g/mol. The van der Waals surface area contributed by atoms with Crippen molar-refractivity contribution in [2.45, 2.75) is 45.2 Å². The van der Waals surface area contributed by atoms with E-state index in [0.29, 0.717) is 6.54 Å². The number of benzene rings is 1. The Balaban J connectivity index is 1.86. The molecule has 0 spiro atoms. The number of amides is 2. The topological polar surface area (TPSA) is 87.3 Å². The maximum absolute atomic E-state index is 13.3. The van der Waals surface area contributed by atoms with Crippen LogP contribution < -0.4 is 5.32 Å². The molecule has 3 atom stereocenters. The number of halogens is 1. The number of rotatable bonds is 5. The predicted octanol–water partition coefficient (Wildman–Crippen LogP) is 3.76. The number of carbonyl (C=O) groups excluding carboxylic acids is 2. The summed E-state index contributed by atoms with van der Waals surface area (Å²) >= 11 is 3.47. The average Bonchev–Trinajstić information content (AvgIpc) is 3.30. The largest absolute Gasteiger partial charge is 0.453 e. The number of H-pyrrole nitrogens is 1. The monoisotopic (exact) mass is 436 g/mol. The molecule has 1 aromatic heterocycles. The van der Waals surface area contributed by atoms with Crippen molar-refractivity contribution in [3.63, 3.8) is 0 Å². The van der Waals surface area contributed by atoms with Gasteiger partial charge in [-0.05, 0) is 37.0 Å². The van der Waals surface area contributed by atoms with Gasteiger partial charge in [0.05, 0.1) is 24.2 Å². The molecule has 1 fully saturated rings. The van der Waals surface area contributed by atoms with Crippen LogP contribution in [0.1, 0.15) is 45.0 Å². The Morgan fingerprint density at radius 3 is 2.96 bits per heavy atom. The highest BCUT2D eigenvalue weighted by Crippen LogP contribution is 2.33. The normalized spacial score (nSPS) is 19.1. The molecule has 0 unspecified atom stereocenters. The third kappa shape index (κ3) is 4.10. The zero-order valence-corrected chi connectivity index (χ0v) is 17.4. The lowest BCUT2D eigenvalue weighted by molar-refractivity contribution is -0.135. The lowest BCUT2D eigenvalue weighted by atomic mass is 9.97. The van der Waals surface area contributed by atoms with Gasteiger partial charge in [-0.3, -0.25) is 4.79 Å². The Labute approximate surface area is 167 Å². The van der Waals surface area contributed by atoms with Crippen LogP contribution in [-0.4, -0.2) is 46.6 Å². The standard InChI is InChI=1S/C19H25BrN4O3/c1-4-11(2)16(23-19(26)27-3)18(25)24-9-5-6-15(24)17-21-13-8-7-12(20)10-14(13)22-17/h7-8,10-11,15-16H,4-6,9H2,1-3H3,(H,21,22)(H,23,26)/t11-,15-,16-/m1/s1. The van der Waals surface area contributed by atoms with E-state index in [9.17, 15) is 9.59 Å². The molecule has 1 aliphatic rings. The fourth-order valence-electron chi connectivity index (χ4n) is 3.52. The Bertz CT molecular complexity index is 837. The van der Waals surface area contributed by atoms with Gasteiger partial charge in [0.1, 0.15) is 11.9 Å². The number of carbonyl (C=O) groups is 2. The summed E-state index contributed by atoms with van der Waals surface area (Å²) in [5, 5.41) is 2.71. The van der Waals surface area contributed by atoms with Crippen LogP contribution in [-0.2, 0) is 9.53 Å². The van der Waals surface area contributed by atoms with Crippen molar-refractivity contribution < 1.29 is 14.3 Å². The van der Waals surface area contributed by atoms with Gasteiger partial charge in [0.15, 0.2) is 0 Å². The minimum atomic E-state index is -0.610. The molecule has 0 radical (unpaired) electrons. The fourth-order valence-corrected chi connectivity index (χ4v) is 3.88. The molecule has 2 N–H and O–H groups in total. The molecule has 1 aromatic carbocycles. The molecule has 2 amide bonds. The Morgan fingerprint density at radius 2 is 2.26 bits per heavy atom. The predicted molar refractivity (Wildman–Crippen MR) is 106 cm³/mol. The molecule has 8 heteroatoms. The van der Waals surface area contributed by atoms with Crippen LogP contribution in [0, 0.1) is 5.92 Å². The molecule has 0 bridgehead atoms. The number of nitrogens with zero attached hydrogens (tertiary/aromatic N) is 2. The lowest BCUT2D eigenvalue weighted by Gasteiger charge is -2.30. The molecule has 1 aliphatic heterocycles. The number of ether oxygens (including phenoxy) is 1. The van der Waals surface area contributed by atoms with E-state index in [1.54, 1.807) is 0 Å². The minimum absolute atomic E-state index is 0.00415. The number of alkyl carbamates (subject to hydrolysis) is 1. The van der Waals surface area contributed by atoms with Crippen molar-refractivity contribution >= 4 is 39.0 Å². The molecule has 1 saturated heterocycles. The maximum atomic E-state index is 13.3. The summed E-state index contributed by atoms with van der Waals surface area (Å²) in [5.74, 6) is 0.707. The number of imidazole rings is 1. The Kier molecular flexibility index (Phi) is 6.04. The van der Waals surface area contributed by atoms with Gasteiger partial charge in [0.25, 0.3) is 0 Å². The average molecular weight is 437 g/mol. The van der Waals surface area contributed by atoms with Gasteiger partial charge in [-0.15, -0.1) is 0 Å². The van der Waals surface area contributed by atoms with E-state index < -0.39 is 12.1 Å².